The van der Waals surface area contributed by atoms with Gasteiger partial charge < -0.3 is 14.6 Å². The zero-order valence-corrected chi connectivity index (χ0v) is 16.4. The molecular formula is C22H25N3O3. The van der Waals surface area contributed by atoms with Gasteiger partial charge in [0.2, 0.25) is 0 Å². The Morgan fingerprint density at radius 3 is 2.71 bits per heavy atom. The van der Waals surface area contributed by atoms with Crippen molar-refractivity contribution in [2.24, 2.45) is 5.92 Å². The van der Waals surface area contributed by atoms with Gasteiger partial charge >= 0.3 is 0 Å². The predicted molar refractivity (Wildman–Crippen MR) is 110 cm³/mol. The van der Waals surface area contributed by atoms with E-state index in [1.807, 2.05) is 25.1 Å². The van der Waals surface area contributed by atoms with E-state index in [4.69, 9.17) is 4.74 Å². The van der Waals surface area contributed by atoms with Gasteiger partial charge in [0.1, 0.15) is 11.6 Å². The van der Waals surface area contributed by atoms with Crippen molar-refractivity contribution in [1.29, 1.82) is 0 Å². The number of carbonyl (C=O) groups excluding carboxylic acids is 1. The number of nitrogens with zero attached hydrogens (tertiary/aromatic N) is 2. The molecule has 146 valence electrons. The van der Waals surface area contributed by atoms with E-state index in [0.717, 1.165) is 0 Å². The summed E-state index contributed by atoms with van der Waals surface area (Å²) in [6.45, 7) is 7.36. The first-order valence-corrected chi connectivity index (χ1v) is 9.48. The minimum absolute atomic E-state index is 0.131. The lowest BCUT2D eigenvalue weighted by Gasteiger charge is -2.21. The van der Waals surface area contributed by atoms with E-state index < -0.39 is 0 Å². The Morgan fingerprint density at radius 2 is 1.96 bits per heavy atom. The highest BCUT2D eigenvalue weighted by Gasteiger charge is 2.17. The van der Waals surface area contributed by atoms with Gasteiger partial charge in [0.15, 0.2) is 0 Å². The maximum Gasteiger partial charge on any atom is 0.258 e. The van der Waals surface area contributed by atoms with Gasteiger partial charge in [-0.1, -0.05) is 32.0 Å². The molecule has 6 heteroatoms. The number of para-hydroxylation sites is 1. The number of hydrogen-bond donors (Lipinski definition) is 1. The van der Waals surface area contributed by atoms with Crippen LogP contribution in [0.5, 0.6) is 5.75 Å². The van der Waals surface area contributed by atoms with Crippen LogP contribution in [0.3, 0.4) is 0 Å². The molecule has 1 heterocycles. The third-order valence-corrected chi connectivity index (χ3v) is 4.34. The second-order valence-corrected chi connectivity index (χ2v) is 7.08. The molecule has 1 N–H and O–H groups in total. The predicted octanol–water partition coefficient (Wildman–Crippen LogP) is 3.62. The molecule has 0 aliphatic carbocycles. The van der Waals surface area contributed by atoms with Gasteiger partial charge in [-0.2, -0.15) is 0 Å². The maximum absolute atomic E-state index is 13.0. The lowest BCUT2D eigenvalue weighted by Crippen LogP contribution is -2.32. The Morgan fingerprint density at radius 1 is 1.18 bits per heavy atom. The number of hydrogen-bond acceptors (Lipinski definition) is 4. The molecule has 1 amide bonds. The number of aromatic amines is 1. The second kappa shape index (κ2) is 8.69. The first-order valence-electron chi connectivity index (χ1n) is 9.48. The summed E-state index contributed by atoms with van der Waals surface area (Å²) in [6, 6.07) is 14.3. The normalized spacial score (nSPS) is 11.0. The second-order valence-electron chi connectivity index (χ2n) is 7.08. The van der Waals surface area contributed by atoms with E-state index in [2.05, 4.69) is 23.8 Å². The van der Waals surface area contributed by atoms with Crippen molar-refractivity contribution in [3.63, 3.8) is 0 Å². The highest BCUT2D eigenvalue weighted by Crippen LogP contribution is 2.17. The van der Waals surface area contributed by atoms with Crippen molar-refractivity contribution in [3.8, 4) is 5.75 Å². The number of nitrogens with one attached hydrogen (secondary N) is 1. The Balaban J connectivity index is 1.81. The quantitative estimate of drug-likeness (QED) is 0.680. The van der Waals surface area contributed by atoms with E-state index in [-0.39, 0.29) is 18.0 Å². The number of benzene rings is 2. The van der Waals surface area contributed by atoms with Crippen LogP contribution in [0, 0.1) is 5.92 Å². The summed E-state index contributed by atoms with van der Waals surface area (Å²) in [5, 5.41) is 0.538. The molecule has 0 spiro atoms. The Hall–Kier alpha value is -3.15. The van der Waals surface area contributed by atoms with Gasteiger partial charge in [-0.3, -0.25) is 9.59 Å². The Kier molecular flexibility index (Phi) is 6.09. The summed E-state index contributed by atoms with van der Waals surface area (Å²) >= 11 is 0. The van der Waals surface area contributed by atoms with E-state index in [9.17, 15) is 9.59 Å². The molecule has 2 aromatic carbocycles. The van der Waals surface area contributed by atoms with Crippen LogP contribution in [0.2, 0.25) is 0 Å². The van der Waals surface area contributed by atoms with Crippen LogP contribution in [0.25, 0.3) is 10.9 Å². The molecule has 0 bridgehead atoms. The molecule has 0 saturated carbocycles. The van der Waals surface area contributed by atoms with Crippen molar-refractivity contribution in [1.82, 2.24) is 14.9 Å². The fourth-order valence-electron chi connectivity index (χ4n) is 2.88. The molecule has 0 atom stereocenters. The topological polar surface area (TPSA) is 75.3 Å². The molecule has 3 aromatic rings. The summed E-state index contributed by atoms with van der Waals surface area (Å²) in [5.41, 5.74) is 0.966. The third-order valence-electron chi connectivity index (χ3n) is 4.34. The van der Waals surface area contributed by atoms with E-state index in [1.54, 1.807) is 35.2 Å². The van der Waals surface area contributed by atoms with Crippen LogP contribution in [-0.4, -0.2) is 33.9 Å². The van der Waals surface area contributed by atoms with Crippen molar-refractivity contribution >= 4 is 16.8 Å². The number of rotatable bonds is 7. The minimum Gasteiger partial charge on any atom is -0.493 e. The largest absolute Gasteiger partial charge is 0.493 e. The number of carbonyl (C=O) groups is 1. The standard InChI is InChI=1S/C22H25N3O3/c1-4-25(13-20-23-19-11-6-5-10-18(19)21(26)24-20)22(27)16-8-7-9-17(12-16)28-14-15(2)3/h5-12,15H,4,13-14H2,1-3H3,(H,23,24,26). The Bertz CT molecular complexity index is 1030. The smallest absolute Gasteiger partial charge is 0.258 e. The fraction of sp³-hybridized carbons (Fsp3) is 0.318. The molecule has 0 unspecified atom stereocenters. The van der Waals surface area contributed by atoms with Crippen LogP contribution in [0.1, 0.15) is 37.0 Å². The Labute approximate surface area is 164 Å². The molecule has 0 aliphatic heterocycles. The molecule has 1 aromatic heterocycles. The summed E-state index contributed by atoms with van der Waals surface area (Å²) in [7, 11) is 0. The lowest BCUT2D eigenvalue weighted by atomic mass is 10.2. The van der Waals surface area contributed by atoms with Crippen LogP contribution < -0.4 is 10.3 Å². The minimum atomic E-state index is -0.201. The highest BCUT2D eigenvalue weighted by atomic mass is 16.5. The van der Waals surface area contributed by atoms with Crippen molar-refractivity contribution in [2.75, 3.05) is 13.2 Å². The molecule has 0 fully saturated rings. The monoisotopic (exact) mass is 379 g/mol. The van der Waals surface area contributed by atoms with Gasteiger partial charge in [0, 0.05) is 12.1 Å². The zero-order chi connectivity index (χ0) is 20.1. The average Bonchev–Trinajstić information content (AvgIpc) is 2.70. The highest BCUT2D eigenvalue weighted by molar-refractivity contribution is 5.94. The zero-order valence-electron chi connectivity index (χ0n) is 16.4. The molecule has 3 rings (SSSR count). The van der Waals surface area contributed by atoms with Gasteiger partial charge in [0.05, 0.1) is 24.1 Å². The van der Waals surface area contributed by atoms with Crippen LogP contribution in [-0.2, 0) is 6.54 Å². The number of amides is 1. The SMILES string of the molecule is CCN(Cc1nc2ccccc2c(=O)[nH]1)C(=O)c1cccc(OCC(C)C)c1. The number of ether oxygens (including phenoxy) is 1. The van der Waals surface area contributed by atoms with Gasteiger partial charge in [-0.15, -0.1) is 0 Å². The summed E-state index contributed by atoms with van der Waals surface area (Å²) in [5.74, 6) is 1.41. The summed E-state index contributed by atoms with van der Waals surface area (Å²) < 4.78 is 5.72. The first-order chi connectivity index (χ1) is 13.5. The van der Waals surface area contributed by atoms with Crippen molar-refractivity contribution in [3.05, 3.63) is 70.3 Å². The average molecular weight is 379 g/mol. The third kappa shape index (κ3) is 4.57. The fourth-order valence-corrected chi connectivity index (χ4v) is 2.88. The first kappa shape index (κ1) is 19.6. The van der Waals surface area contributed by atoms with E-state index in [1.165, 1.54) is 0 Å². The van der Waals surface area contributed by atoms with Crippen molar-refractivity contribution in [2.45, 2.75) is 27.3 Å². The van der Waals surface area contributed by atoms with E-state index >= 15 is 0 Å². The maximum atomic E-state index is 13.0. The van der Waals surface area contributed by atoms with E-state index in [0.29, 0.717) is 47.1 Å². The number of fused-ring (bicyclic) bond motifs is 1. The summed E-state index contributed by atoms with van der Waals surface area (Å²) in [4.78, 5) is 34.2. The number of H-pyrrole nitrogens is 1. The molecule has 0 radical (unpaired) electrons. The van der Waals surface area contributed by atoms with Crippen molar-refractivity contribution < 1.29 is 9.53 Å². The molecule has 28 heavy (non-hydrogen) atoms. The number of aromatic nitrogens is 2. The van der Waals surface area contributed by atoms with Crippen LogP contribution >= 0.6 is 0 Å². The molecule has 0 saturated heterocycles. The van der Waals surface area contributed by atoms with Crippen LogP contribution in [0.4, 0.5) is 0 Å². The van der Waals surface area contributed by atoms with Gasteiger partial charge in [-0.05, 0) is 43.2 Å². The lowest BCUT2D eigenvalue weighted by molar-refractivity contribution is 0.0748. The van der Waals surface area contributed by atoms with Gasteiger partial charge in [-0.25, -0.2) is 4.98 Å². The van der Waals surface area contributed by atoms with Crippen LogP contribution in [0.15, 0.2) is 53.3 Å². The molecule has 0 aliphatic rings. The summed E-state index contributed by atoms with van der Waals surface area (Å²) in [6.07, 6.45) is 0. The molecule has 6 nitrogen and oxygen atoms in total. The molecular weight excluding hydrogens is 354 g/mol. The van der Waals surface area contributed by atoms with Gasteiger partial charge in [0.25, 0.3) is 11.5 Å².